The highest BCUT2D eigenvalue weighted by Crippen LogP contribution is 2.56. The van der Waals surface area contributed by atoms with E-state index in [9.17, 15) is 5.11 Å². The molecule has 2 atom stereocenters. The molecule has 2 heteroatoms. The van der Waals surface area contributed by atoms with Crippen molar-refractivity contribution in [1.29, 1.82) is 0 Å². The molecule has 2 fully saturated rings. The number of aliphatic hydroxyl groups is 1. The number of piperidine rings is 1. The second-order valence-corrected chi connectivity index (χ2v) is 5.41. The number of aliphatic hydroxyl groups excluding tert-OH is 1. The number of likely N-dealkylation sites (tertiary alicyclic amines) is 1. The van der Waals surface area contributed by atoms with Crippen LogP contribution in [0.4, 0.5) is 0 Å². The first-order valence-corrected chi connectivity index (χ1v) is 6.19. The Morgan fingerprint density at radius 2 is 2.12 bits per heavy atom. The van der Waals surface area contributed by atoms with Gasteiger partial charge in [0.05, 0.1) is 6.61 Å². The number of fused-ring (bicyclic) bond motifs is 1. The molecule has 86 valence electrons. The fraction of sp³-hybridized carbons (Fsp3) is 0.571. The van der Waals surface area contributed by atoms with Gasteiger partial charge in [-0.05, 0) is 30.9 Å². The van der Waals surface area contributed by atoms with Gasteiger partial charge in [-0.2, -0.15) is 0 Å². The second kappa shape index (κ2) is 3.86. The molecular formula is C14H19NO. The first-order valence-electron chi connectivity index (χ1n) is 6.19. The lowest BCUT2D eigenvalue weighted by molar-refractivity contribution is 0.102. The van der Waals surface area contributed by atoms with Crippen molar-refractivity contribution in [2.45, 2.75) is 19.4 Å². The number of benzene rings is 1. The van der Waals surface area contributed by atoms with E-state index < -0.39 is 0 Å². The van der Waals surface area contributed by atoms with Crippen LogP contribution in [0.3, 0.4) is 0 Å². The van der Waals surface area contributed by atoms with Gasteiger partial charge < -0.3 is 5.11 Å². The van der Waals surface area contributed by atoms with Crippen molar-refractivity contribution in [2.75, 3.05) is 19.7 Å². The van der Waals surface area contributed by atoms with Crippen molar-refractivity contribution in [1.82, 2.24) is 4.90 Å². The van der Waals surface area contributed by atoms with Gasteiger partial charge >= 0.3 is 0 Å². The number of rotatable bonds is 3. The van der Waals surface area contributed by atoms with Crippen LogP contribution in [0.15, 0.2) is 30.3 Å². The lowest BCUT2D eigenvalue weighted by Crippen LogP contribution is -2.37. The number of hydrogen-bond donors (Lipinski definition) is 1. The predicted octanol–water partition coefficient (Wildman–Crippen LogP) is 1.89. The average molecular weight is 217 g/mol. The SMILES string of the molecule is OCC12CC1CCN(Cc1ccccc1)C2. The molecule has 1 N–H and O–H groups in total. The monoisotopic (exact) mass is 217 g/mol. The van der Waals surface area contributed by atoms with Gasteiger partial charge in [0.1, 0.15) is 0 Å². The Morgan fingerprint density at radius 1 is 1.31 bits per heavy atom. The zero-order chi connectivity index (χ0) is 11.0. The van der Waals surface area contributed by atoms with Gasteiger partial charge in [-0.15, -0.1) is 0 Å². The Bertz CT molecular complexity index is 364. The van der Waals surface area contributed by atoms with E-state index in [2.05, 4.69) is 35.2 Å². The van der Waals surface area contributed by atoms with Crippen molar-refractivity contribution < 1.29 is 5.11 Å². The van der Waals surface area contributed by atoms with Crippen LogP contribution in [0.1, 0.15) is 18.4 Å². The molecule has 1 saturated heterocycles. The predicted molar refractivity (Wildman–Crippen MR) is 64.0 cm³/mol. The maximum absolute atomic E-state index is 9.45. The van der Waals surface area contributed by atoms with Gasteiger partial charge in [0, 0.05) is 18.5 Å². The second-order valence-electron chi connectivity index (χ2n) is 5.41. The third kappa shape index (κ3) is 1.76. The molecule has 1 aliphatic heterocycles. The lowest BCUT2D eigenvalue weighted by atomic mass is 9.98. The Balaban J connectivity index is 1.64. The Morgan fingerprint density at radius 3 is 2.88 bits per heavy atom. The summed E-state index contributed by atoms with van der Waals surface area (Å²) in [6.45, 7) is 3.70. The third-order valence-electron chi connectivity index (χ3n) is 4.26. The largest absolute Gasteiger partial charge is 0.396 e. The highest BCUT2D eigenvalue weighted by molar-refractivity contribution is 5.15. The summed E-state index contributed by atoms with van der Waals surface area (Å²) in [4.78, 5) is 2.50. The van der Waals surface area contributed by atoms with Gasteiger partial charge in [0.25, 0.3) is 0 Å². The minimum atomic E-state index is 0.271. The third-order valence-corrected chi connectivity index (χ3v) is 4.26. The van der Waals surface area contributed by atoms with Crippen molar-refractivity contribution in [2.24, 2.45) is 11.3 Å². The molecule has 0 spiro atoms. The molecule has 1 heterocycles. The lowest BCUT2D eigenvalue weighted by Gasteiger charge is -2.31. The molecule has 2 aliphatic rings. The van der Waals surface area contributed by atoms with E-state index in [1.807, 2.05) is 0 Å². The first kappa shape index (κ1) is 10.3. The van der Waals surface area contributed by atoms with Crippen LogP contribution in [0.5, 0.6) is 0 Å². The molecule has 1 saturated carbocycles. The first-order chi connectivity index (χ1) is 7.82. The maximum Gasteiger partial charge on any atom is 0.0502 e. The zero-order valence-corrected chi connectivity index (χ0v) is 9.60. The Kier molecular flexibility index (Phi) is 2.49. The van der Waals surface area contributed by atoms with Crippen LogP contribution < -0.4 is 0 Å². The standard InChI is InChI=1S/C14H19NO/c16-11-14-8-13(14)6-7-15(10-14)9-12-4-2-1-3-5-12/h1-5,13,16H,6-11H2. The van der Waals surface area contributed by atoms with Crippen molar-refractivity contribution in [3.05, 3.63) is 35.9 Å². The molecule has 1 aromatic carbocycles. The van der Waals surface area contributed by atoms with Crippen LogP contribution in [-0.2, 0) is 6.54 Å². The number of nitrogens with zero attached hydrogens (tertiary/aromatic N) is 1. The van der Waals surface area contributed by atoms with Gasteiger partial charge in [-0.3, -0.25) is 4.90 Å². The molecule has 0 radical (unpaired) electrons. The van der Waals surface area contributed by atoms with E-state index in [4.69, 9.17) is 0 Å². The molecule has 1 aliphatic carbocycles. The highest BCUT2D eigenvalue weighted by atomic mass is 16.3. The minimum Gasteiger partial charge on any atom is -0.396 e. The van der Waals surface area contributed by atoms with Crippen LogP contribution in [0.25, 0.3) is 0 Å². The number of hydrogen-bond acceptors (Lipinski definition) is 2. The van der Waals surface area contributed by atoms with Crippen LogP contribution in [0, 0.1) is 11.3 Å². The molecule has 2 nitrogen and oxygen atoms in total. The molecule has 2 unspecified atom stereocenters. The van der Waals surface area contributed by atoms with Crippen LogP contribution in [-0.4, -0.2) is 29.7 Å². The fourth-order valence-electron chi connectivity index (χ4n) is 3.12. The topological polar surface area (TPSA) is 23.5 Å². The van der Waals surface area contributed by atoms with Gasteiger partial charge in [0.15, 0.2) is 0 Å². The quantitative estimate of drug-likeness (QED) is 0.835. The average Bonchev–Trinajstić information content (AvgIpc) is 3.05. The van der Waals surface area contributed by atoms with Gasteiger partial charge in [0.2, 0.25) is 0 Å². The molecule has 3 rings (SSSR count). The zero-order valence-electron chi connectivity index (χ0n) is 9.60. The van der Waals surface area contributed by atoms with E-state index in [-0.39, 0.29) is 5.41 Å². The Hall–Kier alpha value is -0.860. The summed E-state index contributed by atoms with van der Waals surface area (Å²) in [6, 6.07) is 10.6. The highest BCUT2D eigenvalue weighted by Gasteiger charge is 2.55. The van der Waals surface area contributed by atoms with Crippen LogP contribution >= 0.6 is 0 Å². The molecule has 0 amide bonds. The van der Waals surface area contributed by atoms with Crippen molar-refractivity contribution in [3.8, 4) is 0 Å². The normalized spacial score (nSPS) is 33.4. The van der Waals surface area contributed by atoms with E-state index >= 15 is 0 Å². The van der Waals surface area contributed by atoms with Gasteiger partial charge in [-0.25, -0.2) is 0 Å². The fourth-order valence-corrected chi connectivity index (χ4v) is 3.12. The summed E-state index contributed by atoms with van der Waals surface area (Å²) in [5, 5.41) is 9.45. The van der Waals surface area contributed by atoms with Crippen molar-refractivity contribution >= 4 is 0 Å². The van der Waals surface area contributed by atoms with Crippen molar-refractivity contribution in [3.63, 3.8) is 0 Å². The smallest absolute Gasteiger partial charge is 0.0502 e. The van der Waals surface area contributed by atoms with E-state index in [0.717, 1.165) is 19.0 Å². The summed E-state index contributed by atoms with van der Waals surface area (Å²) in [5.41, 5.74) is 1.65. The van der Waals surface area contributed by atoms with E-state index in [1.54, 1.807) is 0 Å². The van der Waals surface area contributed by atoms with Crippen LogP contribution in [0.2, 0.25) is 0 Å². The summed E-state index contributed by atoms with van der Waals surface area (Å²) in [6.07, 6.45) is 2.52. The van der Waals surface area contributed by atoms with E-state index in [0.29, 0.717) is 6.61 Å². The van der Waals surface area contributed by atoms with E-state index in [1.165, 1.54) is 24.9 Å². The summed E-state index contributed by atoms with van der Waals surface area (Å²) in [7, 11) is 0. The Labute approximate surface area is 96.9 Å². The van der Waals surface area contributed by atoms with Gasteiger partial charge in [-0.1, -0.05) is 30.3 Å². The summed E-state index contributed by atoms with van der Waals surface area (Å²) >= 11 is 0. The molecular weight excluding hydrogens is 198 g/mol. The molecule has 1 aromatic rings. The molecule has 0 bridgehead atoms. The molecule has 0 aromatic heterocycles. The summed E-state index contributed by atoms with van der Waals surface area (Å²) < 4.78 is 0. The maximum atomic E-state index is 9.45. The molecule has 16 heavy (non-hydrogen) atoms. The summed E-state index contributed by atoms with van der Waals surface area (Å²) in [5.74, 6) is 0.810. The minimum absolute atomic E-state index is 0.271.